The molecule has 0 unspecified atom stereocenters. The molecular formula is C10H11BrFNO. The van der Waals surface area contributed by atoms with Crippen LogP contribution in [0.15, 0.2) is 22.7 Å². The lowest BCUT2D eigenvalue weighted by atomic mass is 10.1. The smallest absolute Gasteiger partial charge is 0.226 e. The average Bonchev–Trinajstić information content (AvgIpc) is 2.11. The van der Waals surface area contributed by atoms with Gasteiger partial charge < -0.3 is 4.90 Å². The summed E-state index contributed by atoms with van der Waals surface area (Å²) in [5, 5.41) is 0. The van der Waals surface area contributed by atoms with E-state index in [1.807, 2.05) is 0 Å². The van der Waals surface area contributed by atoms with E-state index in [0.29, 0.717) is 5.56 Å². The van der Waals surface area contributed by atoms with Crippen molar-refractivity contribution in [2.45, 2.75) is 6.42 Å². The molecule has 0 aliphatic rings. The molecule has 4 heteroatoms. The number of halogens is 2. The van der Waals surface area contributed by atoms with Crippen LogP contribution in [0.25, 0.3) is 0 Å². The average molecular weight is 260 g/mol. The Kier molecular flexibility index (Phi) is 3.63. The minimum Gasteiger partial charge on any atom is -0.349 e. The summed E-state index contributed by atoms with van der Waals surface area (Å²) in [6, 6.07) is 4.58. The molecule has 1 aromatic carbocycles. The molecule has 1 rings (SSSR count). The second-order valence-electron chi connectivity index (χ2n) is 3.20. The zero-order chi connectivity index (χ0) is 10.7. The van der Waals surface area contributed by atoms with Crippen LogP contribution in [0, 0.1) is 5.82 Å². The van der Waals surface area contributed by atoms with Gasteiger partial charge in [0.25, 0.3) is 0 Å². The van der Waals surface area contributed by atoms with Crippen LogP contribution in [0.1, 0.15) is 5.56 Å². The number of benzene rings is 1. The lowest BCUT2D eigenvalue weighted by Gasteiger charge is -2.10. The SMILES string of the molecule is CN(C)C(=O)Cc1cc(Br)ccc1F. The fraction of sp³-hybridized carbons (Fsp3) is 0.300. The minimum atomic E-state index is -0.344. The first-order chi connectivity index (χ1) is 6.50. The Balaban J connectivity index is 2.86. The number of nitrogens with zero attached hydrogens (tertiary/aromatic N) is 1. The monoisotopic (exact) mass is 259 g/mol. The predicted octanol–water partition coefficient (Wildman–Crippen LogP) is 2.22. The van der Waals surface area contributed by atoms with Gasteiger partial charge in [-0.3, -0.25) is 4.79 Å². The maximum Gasteiger partial charge on any atom is 0.226 e. The molecule has 0 spiro atoms. The molecule has 0 bridgehead atoms. The van der Waals surface area contributed by atoms with E-state index in [0.717, 1.165) is 4.47 Å². The highest BCUT2D eigenvalue weighted by Gasteiger charge is 2.09. The Morgan fingerprint density at radius 1 is 1.50 bits per heavy atom. The number of likely N-dealkylation sites (N-methyl/N-ethyl adjacent to an activating group) is 1. The van der Waals surface area contributed by atoms with Crippen LogP contribution in [0.5, 0.6) is 0 Å². The van der Waals surface area contributed by atoms with Crippen molar-refractivity contribution in [1.82, 2.24) is 4.90 Å². The van der Waals surface area contributed by atoms with Crippen LogP contribution in [-0.2, 0) is 11.2 Å². The number of hydrogen-bond donors (Lipinski definition) is 0. The molecule has 0 aliphatic heterocycles. The van der Waals surface area contributed by atoms with Crippen molar-refractivity contribution in [1.29, 1.82) is 0 Å². The highest BCUT2D eigenvalue weighted by atomic mass is 79.9. The Morgan fingerprint density at radius 3 is 2.71 bits per heavy atom. The van der Waals surface area contributed by atoms with Gasteiger partial charge >= 0.3 is 0 Å². The van der Waals surface area contributed by atoms with Crippen LogP contribution >= 0.6 is 15.9 Å². The molecule has 0 heterocycles. The summed E-state index contributed by atoms with van der Waals surface area (Å²) in [5.41, 5.74) is 0.415. The van der Waals surface area contributed by atoms with Crippen LogP contribution in [0.4, 0.5) is 4.39 Å². The van der Waals surface area contributed by atoms with Crippen molar-refractivity contribution < 1.29 is 9.18 Å². The van der Waals surface area contributed by atoms with E-state index >= 15 is 0 Å². The van der Waals surface area contributed by atoms with Crippen LogP contribution in [0.3, 0.4) is 0 Å². The molecule has 0 N–H and O–H groups in total. The number of hydrogen-bond acceptors (Lipinski definition) is 1. The van der Waals surface area contributed by atoms with Crippen LogP contribution in [-0.4, -0.2) is 24.9 Å². The van der Waals surface area contributed by atoms with Crippen molar-refractivity contribution in [2.75, 3.05) is 14.1 Å². The van der Waals surface area contributed by atoms with Gasteiger partial charge in [0.1, 0.15) is 5.82 Å². The first-order valence-electron chi connectivity index (χ1n) is 4.15. The number of amides is 1. The quantitative estimate of drug-likeness (QED) is 0.798. The van der Waals surface area contributed by atoms with Gasteiger partial charge in [-0.25, -0.2) is 4.39 Å². The first kappa shape index (κ1) is 11.2. The first-order valence-corrected chi connectivity index (χ1v) is 4.94. The molecule has 76 valence electrons. The molecule has 0 fully saturated rings. The van der Waals surface area contributed by atoms with Crippen molar-refractivity contribution >= 4 is 21.8 Å². The molecule has 0 radical (unpaired) electrons. The second kappa shape index (κ2) is 4.55. The molecule has 0 aliphatic carbocycles. The van der Waals surface area contributed by atoms with E-state index in [-0.39, 0.29) is 18.1 Å². The molecular weight excluding hydrogens is 249 g/mol. The zero-order valence-corrected chi connectivity index (χ0v) is 9.64. The van der Waals surface area contributed by atoms with Gasteiger partial charge in [0, 0.05) is 18.6 Å². The molecule has 2 nitrogen and oxygen atoms in total. The third kappa shape index (κ3) is 2.80. The van der Waals surface area contributed by atoms with E-state index in [4.69, 9.17) is 0 Å². The van der Waals surface area contributed by atoms with Crippen molar-refractivity contribution in [3.8, 4) is 0 Å². The highest BCUT2D eigenvalue weighted by Crippen LogP contribution is 2.16. The number of rotatable bonds is 2. The normalized spacial score (nSPS) is 10.0. The summed E-state index contributed by atoms with van der Waals surface area (Å²) >= 11 is 3.23. The fourth-order valence-electron chi connectivity index (χ4n) is 1.000. The standard InChI is InChI=1S/C10H11BrFNO/c1-13(2)10(14)6-7-5-8(11)3-4-9(7)12/h3-5H,6H2,1-2H3. The third-order valence-corrected chi connectivity index (χ3v) is 2.34. The number of carbonyl (C=O) groups excluding carboxylic acids is 1. The van der Waals surface area contributed by atoms with Crippen LogP contribution in [0.2, 0.25) is 0 Å². The van der Waals surface area contributed by atoms with Gasteiger partial charge in [0.2, 0.25) is 5.91 Å². The van der Waals surface area contributed by atoms with Crippen molar-refractivity contribution in [3.05, 3.63) is 34.1 Å². The minimum absolute atomic E-state index is 0.0955. The Morgan fingerprint density at radius 2 is 2.14 bits per heavy atom. The molecule has 1 amide bonds. The third-order valence-electron chi connectivity index (χ3n) is 1.85. The van der Waals surface area contributed by atoms with Gasteiger partial charge in [-0.05, 0) is 23.8 Å². The Labute approximate surface area is 90.8 Å². The van der Waals surface area contributed by atoms with E-state index in [9.17, 15) is 9.18 Å². The topological polar surface area (TPSA) is 20.3 Å². The predicted molar refractivity (Wildman–Crippen MR) is 56.5 cm³/mol. The summed E-state index contributed by atoms with van der Waals surface area (Å²) < 4.78 is 14.0. The molecule has 0 saturated heterocycles. The zero-order valence-electron chi connectivity index (χ0n) is 8.05. The lowest BCUT2D eigenvalue weighted by molar-refractivity contribution is -0.128. The summed E-state index contributed by atoms with van der Waals surface area (Å²) in [7, 11) is 3.30. The largest absolute Gasteiger partial charge is 0.349 e. The van der Waals surface area contributed by atoms with Gasteiger partial charge in [0.15, 0.2) is 0 Å². The van der Waals surface area contributed by atoms with Crippen LogP contribution < -0.4 is 0 Å². The highest BCUT2D eigenvalue weighted by molar-refractivity contribution is 9.10. The molecule has 0 atom stereocenters. The summed E-state index contributed by atoms with van der Waals surface area (Å²) in [6.45, 7) is 0. The van der Waals surface area contributed by atoms with E-state index in [1.165, 1.54) is 11.0 Å². The summed E-state index contributed by atoms with van der Waals surface area (Å²) in [5.74, 6) is -0.453. The lowest BCUT2D eigenvalue weighted by Crippen LogP contribution is -2.23. The molecule has 1 aromatic rings. The maximum absolute atomic E-state index is 13.2. The fourth-order valence-corrected chi connectivity index (χ4v) is 1.41. The maximum atomic E-state index is 13.2. The van der Waals surface area contributed by atoms with Crippen molar-refractivity contribution in [2.24, 2.45) is 0 Å². The summed E-state index contributed by atoms with van der Waals surface area (Å²) in [4.78, 5) is 12.8. The Bertz CT molecular complexity index is 352. The van der Waals surface area contributed by atoms with Gasteiger partial charge in [0.05, 0.1) is 6.42 Å². The molecule has 14 heavy (non-hydrogen) atoms. The molecule has 0 aromatic heterocycles. The molecule has 0 saturated carbocycles. The van der Waals surface area contributed by atoms with E-state index in [1.54, 1.807) is 26.2 Å². The van der Waals surface area contributed by atoms with E-state index in [2.05, 4.69) is 15.9 Å². The second-order valence-corrected chi connectivity index (χ2v) is 4.12. The summed E-state index contributed by atoms with van der Waals surface area (Å²) in [6.07, 6.45) is 0.0955. The van der Waals surface area contributed by atoms with Crippen molar-refractivity contribution in [3.63, 3.8) is 0 Å². The van der Waals surface area contributed by atoms with Gasteiger partial charge in [-0.1, -0.05) is 15.9 Å². The van der Waals surface area contributed by atoms with E-state index < -0.39 is 0 Å². The number of carbonyl (C=O) groups is 1. The van der Waals surface area contributed by atoms with Gasteiger partial charge in [-0.2, -0.15) is 0 Å². The Hall–Kier alpha value is -0.900. The van der Waals surface area contributed by atoms with Gasteiger partial charge in [-0.15, -0.1) is 0 Å².